The fourth-order valence-corrected chi connectivity index (χ4v) is 3.04. The van der Waals surface area contributed by atoms with Gasteiger partial charge in [0.2, 0.25) is 0 Å². The van der Waals surface area contributed by atoms with Crippen LogP contribution in [0.15, 0.2) is 38.9 Å². The molecule has 1 aliphatic rings. The van der Waals surface area contributed by atoms with Crippen LogP contribution in [0.4, 0.5) is 0 Å². The van der Waals surface area contributed by atoms with Crippen LogP contribution in [-0.4, -0.2) is 16.6 Å². The second-order valence-electron chi connectivity index (χ2n) is 4.04. The summed E-state index contributed by atoms with van der Waals surface area (Å²) in [5, 5.41) is 0.550. The third kappa shape index (κ3) is 2.41. The van der Waals surface area contributed by atoms with E-state index in [4.69, 9.17) is 16.3 Å². The van der Waals surface area contributed by atoms with E-state index >= 15 is 0 Å². The molecule has 1 aromatic heterocycles. The number of hydrogen-bond donors (Lipinski definition) is 2. The third-order valence-corrected chi connectivity index (χ3v) is 4.24. The molecule has 0 radical (unpaired) electrons. The summed E-state index contributed by atoms with van der Waals surface area (Å²) in [5.74, 6) is 0.737. The molecule has 7 heteroatoms. The van der Waals surface area contributed by atoms with Crippen LogP contribution in [0.25, 0.3) is 0 Å². The Labute approximate surface area is 117 Å². The number of nitrogens with one attached hydrogen (secondary N) is 2. The molecule has 0 bridgehead atoms. The van der Waals surface area contributed by atoms with Crippen molar-refractivity contribution in [2.24, 2.45) is 0 Å². The molecular weight excluding hydrogens is 288 g/mol. The summed E-state index contributed by atoms with van der Waals surface area (Å²) < 4.78 is 5.62. The molecular formula is C12H9ClN2O3S. The second kappa shape index (κ2) is 4.79. The highest BCUT2D eigenvalue weighted by Crippen LogP contribution is 2.44. The summed E-state index contributed by atoms with van der Waals surface area (Å²) >= 11 is 7.45. The number of hydrogen-bond acceptors (Lipinski definition) is 4. The first-order valence-corrected chi connectivity index (χ1v) is 6.80. The van der Waals surface area contributed by atoms with Crippen molar-refractivity contribution < 1.29 is 4.74 Å². The van der Waals surface area contributed by atoms with Crippen LogP contribution in [0.1, 0.15) is 10.9 Å². The van der Waals surface area contributed by atoms with Crippen molar-refractivity contribution in [3.05, 3.63) is 55.8 Å². The van der Waals surface area contributed by atoms with Gasteiger partial charge in [0.05, 0.1) is 15.8 Å². The van der Waals surface area contributed by atoms with Gasteiger partial charge in [-0.05, 0) is 18.2 Å². The Morgan fingerprint density at radius 2 is 2.16 bits per heavy atom. The Balaban J connectivity index is 1.93. The average Bonchev–Trinajstić information content (AvgIpc) is 2.41. The summed E-state index contributed by atoms with van der Waals surface area (Å²) in [7, 11) is 0. The molecule has 5 nitrogen and oxygen atoms in total. The summed E-state index contributed by atoms with van der Waals surface area (Å²) in [6, 6.07) is 5.42. The van der Waals surface area contributed by atoms with Crippen molar-refractivity contribution in [1.29, 1.82) is 0 Å². The van der Waals surface area contributed by atoms with Crippen LogP contribution < -0.4 is 15.9 Å². The molecule has 1 aromatic carbocycles. The van der Waals surface area contributed by atoms with Gasteiger partial charge in [-0.3, -0.25) is 9.59 Å². The van der Waals surface area contributed by atoms with Gasteiger partial charge in [0.25, 0.3) is 0 Å². The molecule has 0 saturated heterocycles. The van der Waals surface area contributed by atoms with Gasteiger partial charge in [-0.1, -0.05) is 11.6 Å². The van der Waals surface area contributed by atoms with Crippen LogP contribution in [0.5, 0.6) is 5.75 Å². The van der Waals surface area contributed by atoms with E-state index in [0.29, 0.717) is 17.3 Å². The molecule has 3 rings (SSSR count). The monoisotopic (exact) mass is 296 g/mol. The van der Waals surface area contributed by atoms with E-state index in [9.17, 15) is 9.59 Å². The Morgan fingerprint density at radius 1 is 1.32 bits per heavy atom. The van der Waals surface area contributed by atoms with Gasteiger partial charge < -0.3 is 14.7 Å². The highest BCUT2D eigenvalue weighted by Gasteiger charge is 2.23. The van der Waals surface area contributed by atoms with E-state index in [-0.39, 0.29) is 5.25 Å². The molecule has 0 saturated carbocycles. The fraction of sp³-hybridized carbons (Fsp3) is 0.167. The average molecular weight is 297 g/mol. The van der Waals surface area contributed by atoms with Crippen molar-refractivity contribution >= 4 is 23.4 Å². The van der Waals surface area contributed by atoms with Gasteiger partial charge >= 0.3 is 11.1 Å². The Hall–Kier alpha value is -1.66. The fourth-order valence-electron chi connectivity index (χ4n) is 1.80. The van der Waals surface area contributed by atoms with Crippen LogP contribution in [0.3, 0.4) is 0 Å². The maximum atomic E-state index is 11.3. The number of halogens is 1. The molecule has 19 heavy (non-hydrogen) atoms. The normalized spacial score (nSPS) is 17.6. The number of benzene rings is 1. The first-order valence-electron chi connectivity index (χ1n) is 5.54. The quantitative estimate of drug-likeness (QED) is 0.789. The highest BCUT2D eigenvalue weighted by atomic mass is 35.5. The van der Waals surface area contributed by atoms with Crippen LogP contribution in [0, 0.1) is 0 Å². The van der Waals surface area contributed by atoms with Crippen molar-refractivity contribution in [3.63, 3.8) is 0 Å². The van der Waals surface area contributed by atoms with E-state index in [1.54, 1.807) is 23.9 Å². The smallest absolute Gasteiger partial charge is 0.313 e. The van der Waals surface area contributed by atoms with Gasteiger partial charge in [-0.15, -0.1) is 11.8 Å². The number of ether oxygens (including phenoxy) is 1. The first-order chi connectivity index (χ1) is 9.13. The summed E-state index contributed by atoms with van der Waals surface area (Å²) in [6.45, 7) is 0.403. The predicted molar refractivity (Wildman–Crippen MR) is 73.2 cm³/mol. The molecule has 0 fully saturated rings. The highest BCUT2D eigenvalue weighted by molar-refractivity contribution is 7.99. The molecule has 2 N–H and O–H groups in total. The zero-order valence-electron chi connectivity index (χ0n) is 9.60. The van der Waals surface area contributed by atoms with E-state index in [0.717, 1.165) is 10.6 Å². The number of fused-ring (bicyclic) bond motifs is 1. The number of aromatic nitrogens is 2. The lowest BCUT2D eigenvalue weighted by atomic mass is 10.3. The second-order valence-corrected chi connectivity index (χ2v) is 5.72. The maximum absolute atomic E-state index is 11.3. The topological polar surface area (TPSA) is 75.0 Å². The summed E-state index contributed by atoms with van der Waals surface area (Å²) in [5.41, 5.74) is -0.673. The van der Waals surface area contributed by atoms with Crippen LogP contribution in [-0.2, 0) is 0 Å². The molecule has 0 unspecified atom stereocenters. The zero-order chi connectivity index (χ0) is 13.4. The lowest BCUT2D eigenvalue weighted by Crippen LogP contribution is -2.31. The van der Waals surface area contributed by atoms with Gasteiger partial charge in [-0.2, -0.15) is 0 Å². The molecule has 0 amide bonds. The minimum atomic E-state index is -0.655. The van der Waals surface area contributed by atoms with Gasteiger partial charge in [0.1, 0.15) is 12.4 Å². The van der Waals surface area contributed by atoms with Crippen molar-refractivity contribution in [2.75, 3.05) is 6.61 Å². The third-order valence-electron chi connectivity index (χ3n) is 2.73. The molecule has 1 atom stereocenters. The Kier molecular flexibility index (Phi) is 3.12. The molecule has 2 aromatic rings. The number of H-pyrrole nitrogens is 2. The van der Waals surface area contributed by atoms with Gasteiger partial charge in [0, 0.05) is 11.2 Å². The lowest BCUT2D eigenvalue weighted by Gasteiger charge is -2.24. The molecule has 0 spiro atoms. The molecule has 98 valence electrons. The minimum absolute atomic E-state index is 0.0711. The van der Waals surface area contributed by atoms with Gasteiger partial charge in [-0.25, -0.2) is 0 Å². The lowest BCUT2D eigenvalue weighted by molar-refractivity contribution is 0.302. The van der Waals surface area contributed by atoms with E-state index < -0.39 is 11.1 Å². The summed E-state index contributed by atoms with van der Waals surface area (Å²) in [6.07, 6.45) is 1.51. The molecule has 1 aliphatic heterocycles. The van der Waals surface area contributed by atoms with Crippen molar-refractivity contribution in [2.45, 2.75) is 10.1 Å². The van der Waals surface area contributed by atoms with Crippen molar-refractivity contribution in [3.8, 4) is 5.75 Å². The zero-order valence-corrected chi connectivity index (χ0v) is 11.2. The number of aromatic amines is 2. The Bertz CT molecular complexity index is 740. The Morgan fingerprint density at radius 3 is 2.95 bits per heavy atom. The summed E-state index contributed by atoms with van der Waals surface area (Å²) in [4.78, 5) is 28.3. The van der Waals surface area contributed by atoms with Crippen LogP contribution >= 0.6 is 23.4 Å². The van der Waals surface area contributed by atoms with Crippen LogP contribution in [0.2, 0.25) is 5.02 Å². The number of rotatable bonds is 1. The first kappa shape index (κ1) is 12.4. The van der Waals surface area contributed by atoms with Gasteiger partial charge in [0.15, 0.2) is 0 Å². The van der Waals surface area contributed by atoms with E-state index in [1.807, 2.05) is 6.07 Å². The largest absolute Gasteiger partial charge is 0.491 e. The molecule has 2 heterocycles. The molecule has 0 aliphatic carbocycles. The van der Waals surface area contributed by atoms with E-state index in [1.165, 1.54) is 6.20 Å². The van der Waals surface area contributed by atoms with E-state index in [2.05, 4.69) is 9.97 Å². The standard InChI is InChI=1S/C12H9ClN2O3S/c13-6-1-2-9-8(3-6)18-5-10(19-9)7-4-14-11(16)12(17)15-7/h1-4,10H,5H2,(H,14,16)(H,15,17)/t10-/m0/s1. The maximum Gasteiger partial charge on any atom is 0.313 e. The number of thioether (sulfide) groups is 1. The predicted octanol–water partition coefficient (Wildman–Crippen LogP) is 1.94. The van der Waals surface area contributed by atoms with Crippen molar-refractivity contribution in [1.82, 2.24) is 9.97 Å². The minimum Gasteiger partial charge on any atom is -0.491 e. The SMILES string of the molecule is O=c1[nH]cc([C@@H]2COc3cc(Cl)ccc3S2)[nH]c1=O.